The van der Waals surface area contributed by atoms with E-state index in [0.29, 0.717) is 58.3 Å². The van der Waals surface area contributed by atoms with E-state index in [1.165, 1.54) is 51.4 Å². The second kappa shape index (κ2) is 10.6. The highest BCUT2D eigenvalue weighted by Gasteiger charge is 2.83. The molecule has 8 aliphatic rings. The quantitative estimate of drug-likeness (QED) is 0.369. The first-order valence-corrected chi connectivity index (χ1v) is 18.7. The van der Waals surface area contributed by atoms with Gasteiger partial charge in [-0.05, 0) is 115 Å². The van der Waals surface area contributed by atoms with Crippen molar-refractivity contribution in [2.24, 2.45) is 50.7 Å². The van der Waals surface area contributed by atoms with Crippen LogP contribution >= 0.6 is 0 Å². The highest BCUT2D eigenvalue weighted by atomic mass is 16.7. The number of ether oxygens (including phenoxy) is 5. The third kappa shape index (κ3) is 4.21. The van der Waals surface area contributed by atoms with Gasteiger partial charge in [-0.2, -0.15) is 0 Å². The molecule has 3 aliphatic heterocycles. The predicted octanol–water partition coefficient (Wildman–Crippen LogP) is 6.14. The largest absolute Gasteiger partial charge is 0.461 e. The van der Waals surface area contributed by atoms with Crippen LogP contribution in [0.1, 0.15) is 92.4 Å². The number of morpholine rings is 1. The van der Waals surface area contributed by atoms with Crippen LogP contribution in [0.5, 0.6) is 6.01 Å². The molecule has 3 saturated heterocycles. The molecule has 1 aromatic rings. The van der Waals surface area contributed by atoms with Gasteiger partial charge in [-0.15, -0.1) is 0 Å². The van der Waals surface area contributed by atoms with Crippen LogP contribution in [0.3, 0.4) is 0 Å². The van der Waals surface area contributed by atoms with Gasteiger partial charge in [-0.25, -0.2) is 9.97 Å². The minimum Gasteiger partial charge on any atom is -0.461 e. The molecule has 0 radical (unpaired) electrons. The van der Waals surface area contributed by atoms with Crippen LogP contribution in [0.25, 0.3) is 0 Å². The van der Waals surface area contributed by atoms with Crippen molar-refractivity contribution in [2.45, 2.75) is 123 Å². The smallest absolute Gasteiger partial charge is 0.316 e. The molecule has 1 aromatic heterocycles. The molecule has 8 heteroatoms. The van der Waals surface area contributed by atoms with Crippen LogP contribution in [0.15, 0.2) is 18.5 Å². The zero-order valence-corrected chi connectivity index (χ0v) is 28.9. The highest BCUT2D eigenvalue weighted by Crippen LogP contribution is 2.89. The van der Waals surface area contributed by atoms with Crippen LogP contribution in [0.2, 0.25) is 0 Å². The molecule has 0 amide bonds. The molecule has 8 nitrogen and oxygen atoms in total. The van der Waals surface area contributed by atoms with Gasteiger partial charge in [0.05, 0.1) is 50.7 Å². The van der Waals surface area contributed by atoms with Gasteiger partial charge in [0.2, 0.25) is 0 Å². The highest BCUT2D eigenvalue weighted by molar-refractivity contribution is 5.31. The van der Waals surface area contributed by atoms with Crippen molar-refractivity contribution in [1.82, 2.24) is 14.9 Å². The van der Waals surface area contributed by atoms with Crippen LogP contribution in [0, 0.1) is 50.7 Å². The Morgan fingerprint density at radius 3 is 2.52 bits per heavy atom. The molecule has 46 heavy (non-hydrogen) atoms. The first-order valence-electron chi connectivity index (χ1n) is 18.7. The first kappa shape index (κ1) is 30.7. The molecule has 5 aliphatic carbocycles. The maximum Gasteiger partial charge on any atom is 0.316 e. The molecule has 12 atom stereocenters. The molecule has 10 unspecified atom stereocenters. The maximum absolute atomic E-state index is 6.99. The third-order valence-electron chi connectivity index (χ3n) is 16.2. The predicted molar refractivity (Wildman–Crippen MR) is 173 cm³/mol. The Bertz CT molecular complexity index is 1310. The lowest BCUT2D eigenvalue weighted by Gasteiger charge is -2.63. The summed E-state index contributed by atoms with van der Waals surface area (Å²) in [6.45, 7) is 17.9. The van der Waals surface area contributed by atoms with E-state index in [0.717, 1.165) is 51.2 Å². The number of aromatic nitrogens is 2. The molecule has 0 aromatic carbocycles. The van der Waals surface area contributed by atoms with E-state index in [9.17, 15) is 0 Å². The van der Waals surface area contributed by atoms with Gasteiger partial charge in [0.15, 0.2) is 6.29 Å². The summed E-state index contributed by atoms with van der Waals surface area (Å²) >= 11 is 0. The molecule has 9 rings (SSSR count). The number of fused-ring (bicyclic) bond motifs is 4. The molecular weight excluding hydrogens is 578 g/mol. The summed E-state index contributed by atoms with van der Waals surface area (Å²) in [6.07, 6.45) is 15.8. The van der Waals surface area contributed by atoms with Gasteiger partial charge in [0, 0.05) is 18.9 Å². The number of hydrogen-bond acceptors (Lipinski definition) is 8. The zero-order valence-electron chi connectivity index (χ0n) is 28.9. The summed E-state index contributed by atoms with van der Waals surface area (Å²) in [7, 11) is 0. The van der Waals surface area contributed by atoms with E-state index in [2.05, 4.69) is 49.5 Å². The van der Waals surface area contributed by atoms with Gasteiger partial charge in [0.25, 0.3) is 0 Å². The Balaban J connectivity index is 0.909. The number of hydrogen-bond donors (Lipinski definition) is 0. The number of rotatable bonds is 6. The van der Waals surface area contributed by atoms with Crippen LogP contribution in [0.4, 0.5) is 0 Å². The summed E-state index contributed by atoms with van der Waals surface area (Å²) in [5, 5.41) is 0. The van der Waals surface area contributed by atoms with Crippen molar-refractivity contribution in [3.63, 3.8) is 0 Å². The fraction of sp³-hybridized carbons (Fsp3) is 0.895. The Kier molecular flexibility index (Phi) is 7.07. The fourth-order valence-corrected chi connectivity index (χ4v) is 13.9. The minimum atomic E-state index is -0.107. The van der Waals surface area contributed by atoms with E-state index in [-0.39, 0.29) is 23.9 Å². The van der Waals surface area contributed by atoms with Crippen molar-refractivity contribution in [2.75, 3.05) is 39.5 Å². The minimum absolute atomic E-state index is 0.107. The average Bonchev–Trinajstić information content (AvgIpc) is 3.60. The first-order chi connectivity index (χ1) is 22.1. The van der Waals surface area contributed by atoms with E-state index < -0.39 is 0 Å². The molecule has 254 valence electrons. The lowest BCUT2D eigenvalue weighted by atomic mass is 9.41. The second-order valence-electron chi connectivity index (χ2n) is 18.1. The van der Waals surface area contributed by atoms with Crippen molar-refractivity contribution in [1.29, 1.82) is 0 Å². The normalized spacial score (nSPS) is 51.1. The summed E-state index contributed by atoms with van der Waals surface area (Å²) in [5.41, 5.74) is 1.83. The van der Waals surface area contributed by atoms with Gasteiger partial charge in [0.1, 0.15) is 6.61 Å². The average molecular weight is 636 g/mol. The molecule has 2 spiro atoms. The van der Waals surface area contributed by atoms with Gasteiger partial charge >= 0.3 is 6.01 Å². The SMILES string of the molecule is C[C@@H]1CC(COc2ncccn2)OC2C[C@@]3(C)C4CCC5C(C)(C)C(OC6CN(C7COC7)CCO6)CCC56CC46CCC3(C)C21. The second-order valence-corrected chi connectivity index (χ2v) is 18.1. The van der Waals surface area contributed by atoms with Crippen molar-refractivity contribution >= 4 is 0 Å². The fourth-order valence-electron chi connectivity index (χ4n) is 13.9. The number of nitrogens with zero attached hydrogens (tertiary/aromatic N) is 3. The van der Waals surface area contributed by atoms with Crippen molar-refractivity contribution in [3.8, 4) is 6.01 Å². The molecule has 0 N–H and O–H groups in total. The summed E-state index contributed by atoms with van der Waals surface area (Å²) < 4.78 is 31.6. The Hall–Kier alpha value is -1.32. The molecular formula is C38H57N3O5. The van der Waals surface area contributed by atoms with E-state index in [1.807, 2.05) is 6.07 Å². The van der Waals surface area contributed by atoms with Crippen LogP contribution in [-0.2, 0) is 18.9 Å². The molecule has 8 fully saturated rings. The van der Waals surface area contributed by atoms with E-state index in [4.69, 9.17) is 23.7 Å². The van der Waals surface area contributed by atoms with Crippen molar-refractivity contribution < 1.29 is 23.7 Å². The standard InChI is InChI=1S/C38H57N3O5/c1-24-17-26(22-44-33-39-13-6-14-40-33)45-27-18-36(5)29-8-7-28-34(2,3)30(46-31-19-41(15-16-43-31)25-20-42-21-25)9-10-37(28)23-38(29,37)12-11-35(36,4)32(24)27/h6,13-14,24-32H,7-12,15-23H2,1-5H3/t24-,26?,27?,28?,29?,30?,31?,32?,35?,36+,37?,38?/m1/s1. The Labute approximate surface area is 276 Å². The van der Waals surface area contributed by atoms with E-state index in [1.54, 1.807) is 12.4 Å². The summed E-state index contributed by atoms with van der Waals surface area (Å²) in [5.74, 6) is 2.81. The summed E-state index contributed by atoms with van der Waals surface area (Å²) in [6, 6.07) is 2.83. The van der Waals surface area contributed by atoms with Gasteiger partial charge in [-0.1, -0.05) is 34.6 Å². The summed E-state index contributed by atoms with van der Waals surface area (Å²) in [4.78, 5) is 11.1. The van der Waals surface area contributed by atoms with Crippen LogP contribution in [-0.4, -0.2) is 85.0 Å². The third-order valence-corrected chi connectivity index (χ3v) is 16.2. The Morgan fingerprint density at radius 2 is 1.74 bits per heavy atom. The van der Waals surface area contributed by atoms with Gasteiger partial charge < -0.3 is 23.7 Å². The monoisotopic (exact) mass is 635 g/mol. The van der Waals surface area contributed by atoms with Gasteiger partial charge in [-0.3, -0.25) is 4.90 Å². The molecule has 4 heterocycles. The zero-order chi connectivity index (χ0) is 31.5. The lowest BCUT2D eigenvalue weighted by Crippen LogP contribution is -2.59. The lowest BCUT2D eigenvalue weighted by molar-refractivity contribution is -0.255. The molecule has 0 bridgehead atoms. The Morgan fingerprint density at radius 1 is 0.957 bits per heavy atom. The van der Waals surface area contributed by atoms with Crippen molar-refractivity contribution in [3.05, 3.63) is 18.5 Å². The maximum atomic E-state index is 6.99. The van der Waals surface area contributed by atoms with Crippen LogP contribution < -0.4 is 4.74 Å². The van der Waals surface area contributed by atoms with E-state index >= 15 is 0 Å². The topological polar surface area (TPSA) is 75.2 Å². The molecule has 5 saturated carbocycles.